The van der Waals surface area contributed by atoms with Crippen molar-refractivity contribution in [3.05, 3.63) is 28.7 Å². The SMILES string of the molecule is NC(=O)CN(CC(=O)O)C(=O)CCOc1cccc(Br)c1. The number of rotatable bonds is 8. The lowest BCUT2D eigenvalue weighted by Crippen LogP contribution is -2.41. The molecular formula is C13H15BrN2O5. The lowest BCUT2D eigenvalue weighted by atomic mass is 10.3. The van der Waals surface area contributed by atoms with Gasteiger partial charge >= 0.3 is 5.97 Å². The predicted molar refractivity (Wildman–Crippen MR) is 77.7 cm³/mol. The van der Waals surface area contributed by atoms with E-state index in [1.807, 2.05) is 6.07 Å². The van der Waals surface area contributed by atoms with Crippen molar-refractivity contribution < 1.29 is 24.2 Å². The number of ether oxygens (including phenoxy) is 1. The van der Waals surface area contributed by atoms with E-state index in [2.05, 4.69) is 15.9 Å². The van der Waals surface area contributed by atoms with E-state index in [9.17, 15) is 14.4 Å². The lowest BCUT2D eigenvalue weighted by molar-refractivity contribution is -0.145. The third kappa shape index (κ3) is 6.75. The van der Waals surface area contributed by atoms with Crippen LogP contribution in [-0.2, 0) is 14.4 Å². The van der Waals surface area contributed by atoms with Gasteiger partial charge in [-0.1, -0.05) is 22.0 Å². The Morgan fingerprint density at radius 1 is 1.29 bits per heavy atom. The van der Waals surface area contributed by atoms with Crippen LogP contribution in [-0.4, -0.2) is 47.5 Å². The van der Waals surface area contributed by atoms with Crippen LogP contribution in [0.15, 0.2) is 28.7 Å². The molecule has 0 aliphatic rings. The number of nitrogens with two attached hydrogens (primary N) is 1. The Kier molecular flexibility index (Phi) is 6.67. The zero-order chi connectivity index (χ0) is 15.8. The summed E-state index contributed by atoms with van der Waals surface area (Å²) in [6, 6.07) is 7.08. The van der Waals surface area contributed by atoms with Crippen LogP contribution in [0.4, 0.5) is 0 Å². The summed E-state index contributed by atoms with van der Waals surface area (Å²) in [6.45, 7) is -0.926. The minimum absolute atomic E-state index is 0.0485. The Morgan fingerprint density at radius 3 is 2.57 bits per heavy atom. The van der Waals surface area contributed by atoms with Gasteiger partial charge in [-0.3, -0.25) is 14.4 Å². The van der Waals surface area contributed by atoms with Gasteiger partial charge in [0.05, 0.1) is 19.6 Å². The molecule has 2 amide bonds. The van der Waals surface area contributed by atoms with Crippen LogP contribution in [0.2, 0.25) is 0 Å². The number of aliphatic carboxylic acids is 1. The maximum atomic E-state index is 11.8. The van der Waals surface area contributed by atoms with E-state index in [0.717, 1.165) is 9.37 Å². The van der Waals surface area contributed by atoms with Crippen molar-refractivity contribution in [1.29, 1.82) is 0 Å². The number of halogens is 1. The summed E-state index contributed by atoms with van der Waals surface area (Å²) >= 11 is 3.29. The fraction of sp³-hybridized carbons (Fsp3) is 0.308. The summed E-state index contributed by atoms with van der Waals surface area (Å²) in [7, 11) is 0. The standard InChI is InChI=1S/C13H15BrN2O5/c14-9-2-1-3-10(6-9)21-5-4-12(18)16(7-11(15)17)8-13(19)20/h1-3,6H,4-5,7-8H2,(H2,15,17)(H,19,20). The van der Waals surface area contributed by atoms with E-state index >= 15 is 0 Å². The van der Waals surface area contributed by atoms with E-state index in [1.165, 1.54) is 0 Å². The van der Waals surface area contributed by atoms with Gasteiger partial charge in [-0.25, -0.2) is 0 Å². The summed E-state index contributed by atoms with van der Waals surface area (Å²) in [5, 5.41) is 8.70. The smallest absolute Gasteiger partial charge is 0.323 e. The van der Waals surface area contributed by atoms with Crippen molar-refractivity contribution in [2.45, 2.75) is 6.42 Å². The molecule has 21 heavy (non-hydrogen) atoms. The molecule has 0 heterocycles. The number of hydrogen-bond donors (Lipinski definition) is 2. The number of carbonyl (C=O) groups is 3. The summed E-state index contributed by atoms with van der Waals surface area (Å²) in [5.41, 5.74) is 4.98. The third-order valence-corrected chi connectivity index (χ3v) is 2.90. The van der Waals surface area contributed by atoms with Crippen LogP contribution in [0, 0.1) is 0 Å². The Labute approximate surface area is 129 Å². The second-order valence-corrected chi connectivity index (χ2v) is 5.08. The third-order valence-electron chi connectivity index (χ3n) is 2.41. The fourth-order valence-corrected chi connectivity index (χ4v) is 1.93. The van der Waals surface area contributed by atoms with Crippen molar-refractivity contribution >= 4 is 33.7 Å². The molecule has 0 aromatic heterocycles. The molecule has 0 saturated heterocycles. The zero-order valence-corrected chi connectivity index (χ0v) is 12.7. The van der Waals surface area contributed by atoms with E-state index in [0.29, 0.717) is 5.75 Å². The molecule has 0 radical (unpaired) electrons. The van der Waals surface area contributed by atoms with Crippen LogP contribution >= 0.6 is 15.9 Å². The molecule has 7 nitrogen and oxygen atoms in total. The first-order valence-corrected chi connectivity index (χ1v) is 6.84. The molecule has 1 aromatic carbocycles. The number of nitrogens with zero attached hydrogens (tertiary/aromatic N) is 1. The molecule has 0 bridgehead atoms. The number of hydrogen-bond acceptors (Lipinski definition) is 4. The van der Waals surface area contributed by atoms with Gasteiger partial charge in [0.2, 0.25) is 11.8 Å². The van der Waals surface area contributed by atoms with Crippen LogP contribution in [0.5, 0.6) is 5.75 Å². The molecule has 0 atom stereocenters. The first-order valence-electron chi connectivity index (χ1n) is 6.04. The molecule has 0 spiro atoms. The first kappa shape index (κ1) is 17.0. The topological polar surface area (TPSA) is 110 Å². The van der Waals surface area contributed by atoms with Crippen molar-refractivity contribution in [2.75, 3.05) is 19.7 Å². The predicted octanol–water partition coefficient (Wildman–Crippen LogP) is 0.617. The number of primary amides is 1. The van der Waals surface area contributed by atoms with Gasteiger partial charge < -0.3 is 20.5 Å². The number of carbonyl (C=O) groups excluding carboxylic acids is 2. The highest BCUT2D eigenvalue weighted by Crippen LogP contribution is 2.17. The molecule has 0 unspecified atom stereocenters. The highest BCUT2D eigenvalue weighted by Gasteiger charge is 2.18. The largest absolute Gasteiger partial charge is 0.493 e. The van der Waals surface area contributed by atoms with Gasteiger partial charge in [0.15, 0.2) is 0 Å². The van der Waals surface area contributed by atoms with Crippen molar-refractivity contribution in [1.82, 2.24) is 4.90 Å². The second-order valence-electron chi connectivity index (χ2n) is 4.17. The van der Waals surface area contributed by atoms with Gasteiger partial charge in [-0.2, -0.15) is 0 Å². The van der Waals surface area contributed by atoms with Crippen LogP contribution in [0.25, 0.3) is 0 Å². The highest BCUT2D eigenvalue weighted by molar-refractivity contribution is 9.10. The molecule has 0 fully saturated rings. The van der Waals surface area contributed by atoms with Crippen molar-refractivity contribution in [3.8, 4) is 5.75 Å². The average Bonchev–Trinajstić information content (AvgIpc) is 2.36. The van der Waals surface area contributed by atoms with Gasteiger partial charge in [0, 0.05) is 4.47 Å². The Morgan fingerprint density at radius 2 is 2.00 bits per heavy atom. The Hall–Kier alpha value is -2.09. The van der Waals surface area contributed by atoms with Gasteiger partial charge in [-0.15, -0.1) is 0 Å². The van der Waals surface area contributed by atoms with E-state index in [1.54, 1.807) is 18.2 Å². The summed E-state index contributed by atoms with van der Waals surface area (Å²) in [4.78, 5) is 34.2. The molecule has 0 aliphatic heterocycles. The number of amides is 2. The summed E-state index contributed by atoms with van der Waals surface area (Å²) in [6.07, 6.45) is -0.0485. The van der Waals surface area contributed by atoms with Crippen molar-refractivity contribution in [3.63, 3.8) is 0 Å². The van der Waals surface area contributed by atoms with Gasteiger partial charge in [-0.05, 0) is 18.2 Å². The van der Waals surface area contributed by atoms with E-state index < -0.39 is 30.9 Å². The molecule has 3 N–H and O–H groups in total. The van der Waals surface area contributed by atoms with E-state index in [-0.39, 0.29) is 13.0 Å². The molecule has 1 rings (SSSR count). The molecule has 114 valence electrons. The van der Waals surface area contributed by atoms with Crippen LogP contribution in [0.3, 0.4) is 0 Å². The quantitative estimate of drug-likeness (QED) is 0.707. The highest BCUT2D eigenvalue weighted by atomic mass is 79.9. The van der Waals surface area contributed by atoms with Crippen LogP contribution in [0.1, 0.15) is 6.42 Å². The number of carboxylic acid groups (broad SMARTS) is 1. The van der Waals surface area contributed by atoms with Gasteiger partial charge in [0.25, 0.3) is 0 Å². The normalized spacial score (nSPS) is 9.95. The summed E-state index contributed by atoms with van der Waals surface area (Å²) < 4.78 is 6.22. The molecule has 1 aromatic rings. The van der Waals surface area contributed by atoms with E-state index in [4.69, 9.17) is 15.6 Å². The zero-order valence-electron chi connectivity index (χ0n) is 11.1. The lowest BCUT2D eigenvalue weighted by Gasteiger charge is -2.19. The fourth-order valence-electron chi connectivity index (χ4n) is 1.55. The average molecular weight is 359 g/mol. The monoisotopic (exact) mass is 358 g/mol. The Balaban J connectivity index is 2.49. The summed E-state index contributed by atoms with van der Waals surface area (Å²) in [5.74, 6) is -1.90. The first-order chi connectivity index (χ1) is 9.88. The van der Waals surface area contributed by atoms with Crippen LogP contribution < -0.4 is 10.5 Å². The van der Waals surface area contributed by atoms with Gasteiger partial charge in [0.1, 0.15) is 12.3 Å². The minimum Gasteiger partial charge on any atom is -0.493 e. The molecular weight excluding hydrogens is 344 g/mol. The number of benzene rings is 1. The molecule has 0 aliphatic carbocycles. The Bertz CT molecular complexity index is 519. The minimum atomic E-state index is -1.21. The maximum Gasteiger partial charge on any atom is 0.323 e. The molecule has 8 heteroatoms. The second kappa shape index (κ2) is 8.25. The number of carboxylic acids is 1. The maximum absolute atomic E-state index is 11.8. The van der Waals surface area contributed by atoms with Crippen molar-refractivity contribution in [2.24, 2.45) is 5.73 Å². The molecule has 0 saturated carbocycles.